The molecule has 0 heterocycles. The Morgan fingerprint density at radius 3 is 2.43 bits per heavy atom. The average Bonchev–Trinajstić information content (AvgIpc) is 2.67. The first-order chi connectivity index (χ1) is 13.3. The predicted molar refractivity (Wildman–Crippen MR) is 105 cm³/mol. The Morgan fingerprint density at radius 2 is 1.79 bits per heavy atom. The first-order valence-corrected chi connectivity index (χ1v) is 9.23. The van der Waals surface area contributed by atoms with Crippen molar-refractivity contribution < 1.29 is 18.4 Å². The highest BCUT2D eigenvalue weighted by Crippen LogP contribution is 2.17. The molecule has 0 radical (unpaired) electrons. The molecular weight excluding hydrogens is 364 g/mol. The molecule has 0 saturated carbocycles. The Hall–Kier alpha value is -2.80. The molecule has 0 unspecified atom stereocenters. The molecule has 2 N–H and O–H groups in total. The third-order valence-corrected chi connectivity index (χ3v) is 4.44. The van der Waals surface area contributed by atoms with Gasteiger partial charge >= 0.3 is 0 Å². The van der Waals surface area contributed by atoms with Crippen molar-refractivity contribution in [3.8, 4) is 0 Å². The van der Waals surface area contributed by atoms with Crippen LogP contribution in [0, 0.1) is 11.6 Å². The van der Waals surface area contributed by atoms with Crippen LogP contribution in [0.15, 0.2) is 42.5 Å². The number of nitrogens with zero attached hydrogens (tertiary/aromatic N) is 1. The minimum Gasteiger partial charge on any atom is -0.339 e. The summed E-state index contributed by atoms with van der Waals surface area (Å²) in [6.07, 6.45) is 0. The van der Waals surface area contributed by atoms with Crippen molar-refractivity contribution >= 4 is 17.5 Å². The number of nitrogens with one attached hydrogen (secondary N) is 2. The van der Waals surface area contributed by atoms with Crippen LogP contribution in [0.2, 0.25) is 0 Å². The summed E-state index contributed by atoms with van der Waals surface area (Å²) < 4.78 is 26.8. The third-order valence-electron chi connectivity index (χ3n) is 4.44. The second-order valence-corrected chi connectivity index (χ2v) is 6.37. The highest BCUT2D eigenvalue weighted by Gasteiger charge is 2.15. The van der Waals surface area contributed by atoms with Gasteiger partial charge in [-0.05, 0) is 45.0 Å². The molecule has 1 atom stereocenters. The van der Waals surface area contributed by atoms with E-state index in [2.05, 4.69) is 10.6 Å². The van der Waals surface area contributed by atoms with Gasteiger partial charge in [-0.3, -0.25) is 9.59 Å². The van der Waals surface area contributed by atoms with Crippen molar-refractivity contribution in [1.82, 2.24) is 10.2 Å². The number of amides is 2. The van der Waals surface area contributed by atoms with Crippen molar-refractivity contribution in [2.45, 2.75) is 26.8 Å². The van der Waals surface area contributed by atoms with E-state index in [-0.39, 0.29) is 23.9 Å². The van der Waals surface area contributed by atoms with Crippen LogP contribution >= 0.6 is 0 Å². The molecule has 0 aliphatic rings. The Labute approximate surface area is 163 Å². The summed E-state index contributed by atoms with van der Waals surface area (Å²) in [6, 6.07) is 9.59. The Balaban J connectivity index is 1.96. The van der Waals surface area contributed by atoms with E-state index < -0.39 is 17.7 Å². The van der Waals surface area contributed by atoms with Gasteiger partial charge in [0.05, 0.1) is 6.54 Å². The SMILES string of the molecule is CCN(CC)C(=O)c1cccc(NC(=O)CN[C@@H](C)c2ccc(F)cc2F)c1. The van der Waals surface area contributed by atoms with Crippen LogP contribution in [0.4, 0.5) is 14.5 Å². The van der Waals surface area contributed by atoms with Crippen molar-refractivity contribution in [2.75, 3.05) is 25.0 Å². The zero-order valence-corrected chi connectivity index (χ0v) is 16.3. The van der Waals surface area contributed by atoms with Crippen LogP contribution in [0.5, 0.6) is 0 Å². The maximum Gasteiger partial charge on any atom is 0.253 e. The van der Waals surface area contributed by atoms with Gasteiger partial charge < -0.3 is 15.5 Å². The largest absolute Gasteiger partial charge is 0.339 e. The lowest BCUT2D eigenvalue weighted by Crippen LogP contribution is -2.31. The lowest BCUT2D eigenvalue weighted by Gasteiger charge is -2.19. The van der Waals surface area contributed by atoms with Crippen LogP contribution in [-0.4, -0.2) is 36.3 Å². The summed E-state index contributed by atoms with van der Waals surface area (Å²) in [5.74, 6) is -1.74. The van der Waals surface area contributed by atoms with Gasteiger partial charge in [0.1, 0.15) is 11.6 Å². The molecule has 0 bridgehead atoms. The third kappa shape index (κ3) is 5.60. The molecule has 0 aliphatic heterocycles. The quantitative estimate of drug-likeness (QED) is 0.723. The van der Waals surface area contributed by atoms with Gasteiger partial charge in [0.25, 0.3) is 5.91 Å². The minimum atomic E-state index is -0.664. The minimum absolute atomic E-state index is 0.0633. The fourth-order valence-electron chi connectivity index (χ4n) is 2.84. The number of halogens is 2. The number of hydrogen-bond donors (Lipinski definition) is 2. The maximum absolute atomic E-state index is 13.8. The molecule has 2 amide bonds. The number of benzene rings is 2. The molecule has 28 heavy (non-hydrogen) atoms. The predicted octanol–water partition coefficient (Wildman–Crippen LogP) is 3.74. The summed E-state index contributed by atoms with van der Waals surface area (Å²) in [4.78, 5) is 26.3. The van der Waals surface area contributed by atoms with Gasteiger partial charge in [0, 0.05) is 42.0 Å². The van der Waals surface area contributed by atoms with Gasteiger partial charge in [-0.15, -0.1) is 0 Å². The van der Waals surface area contributed by atoms with Crippen LogP contribution in [0.25, 0.3) is 0 Å². The van der Waals surface area contributed by atoms with Crippen molar-refractivity contribution in [3.63, 3.8) is 0 Å². The maximum atomic E-state index is 13.8. The topological polar surface area (TPSA) is 61.4 Å². The Kier molecular flexibility index (Phi) is 7.63. The summed E-state index contributed by atoms with van der Waals surface area (Å²) >= 11 is 0. The molecule has 0 aliphatic carbocycles. The highest BCUT2D eigenvalue weighted by atomic mass is 19.1. The first kappa shape index (κ1) is 21.5. The molecular formula is C21H25F2N3O2. The number of carbonyl (C=O) groups excluding carboxylic acids is 2. The van der Waals surface area contributed by atoms with E-state index in [1.165, 1.54) is 12.1 Å². The number of carbonyl (C=O) groups is 2. The smallest absolute Gasteiger partial charge is 0.253 e. The standard InChI is InChI=1S/C21H25F2N3O2/c1-4-26(5-2)21(28)15-7-6-8-17(11-15)25-20(27)13-24-14(3)18-10-9-16(22)12-19(18)23/h6-12,14,24H,4-5,13H2,1-3H3,(H,25,27)/t14-/m0/s1. The summed E-state index contributed by atoms with van der Waals surface area (Å²) in [5, 5.41) is 5.62. The van der Waals surface area contributed by atoms with Gasteiger partial charge in [0.2, 0.25) is 5.91 Å². The molecule has 7 heteroatoms. The van der Waals surface area contributed by atoms with Gasteiger partial charge in [-0.2, -0.15) is 0 Å². The molecule has 0 saturated heterocycles. The van der Waals surface area contributed by atoms with E-state index in [1.54, 1.807) is 36.1 Å². The van der Waals surface area contributed by atoms with Crippen molar-refractivity contribution in [1.29, 1.82) is 0 Å². The second kappa shape index (κ2) is 9.94. The van der Waals surface area contributed by atoms with E-state index in [4.69, 9.17) is 0 Å². The van der Waals surface area contributed by atoms with Crippen molar-refractivity contribution in [3.05, 3.63) is 65.2 Å². The number of hydrogen-bond acceptors (Lipinski definition) is 3. The van der Waals surface area contributed by atoms with Gasteiger partial charge in [0.15, 0.2) is 0 Å². The first-order valence-electron chi connectivity index (χ1n) is 9.23. The van der Waals surface area contributed by atoms with Gasteiger partial charge in [-0.1, -0.05) is 12.1 Å². The molecule has 2 rings (SSSR count). The fourth-order valence-corrected chi connectivity index (χ4v) is 2.84. The number of rotatable bonds is 8. The highest BCUT2D eigenvalue weighted by molar-refractivity contribution is 5.97. The molecule has 150 valence electrons. The van der Waals surface area contributed by atoms with Crippen LogP contribution in [0.3, 0.4) is 0 Å². The van der Waals surface area contributed by atoms with Crippen molar-refractivity contribution in [2.24, 2.45) is 0 Å². The molecule has 2 aromatic rings. The zero-order valence-electron chi connectivity index (χ0n) is 16.3. The van der Waals surface area contributed by atoms with Crippen LogP contribution < -0.4 is 10.6 Å². The lowest BCUT2D eigenvalue weighted by molar-refractivity contribution is -0.115. The molecule has 2 aromatic carbocycles. The Bertz CT molecular complexity index is 838. The van der Waals surface area contributed by atoms with Crippen LogP contribution in [0.1, 0.15) is 42.7 Å². The fraction of sp³-hybridized carbons (Fsp3) is 0.333. The van der Waals surface area contributed by atoms with E-state index in [0.717, 1.165) is 6.07 Å². The second-order valence-electron chi connectivity index (χ2n) is 6.37. The monoisotopic (exact) mass is 389 g/mol. The summed E-state index contributed by atoms with van der Waals surface area (Å²) in [7, 11) is 0. The lowest BCUT2D eigenvalue weighted by atomic mass is 10.1. The normalized spacial score (nSPS) is 11.8. The van der Waals surface area contributed by atoms with E-state index in [0.29, 0.717) is 24.3 Å². The Morgan fingerprint density at radius 1 is 1.07 bits per heavy atom. The van der Waals surface area contributed by atoms with E-state index in [1.807, 2.05) is 13.8 Å². The van der Waals surface area contributed by atoms with E-state index >= 15 is 0 Å². The zero-order chi connectivity index (χ0) is 20.7. The molecule has 0 aromatic heterocycles. The summed E-state index contributed by atoms with van der Waals surface area (Å²) in [5.41, 5.74) is 1.28. The average molecular weight is 389 g/mol. The van der Waals surface area contributed by atoms with Gasteiger partial charge in [-0.25, -0.2) is 8.78 Å². The molecule has 0 spiro atoms. The molecule has 0 fully saturated rings. The summed E-state index contributed by atoms with van der Waals surface area (Å²) in [6.45, 7) is 6.65. The van der Waals surface area contributed by atoms with Crippen LogP contribution in [-0.2, 0) is 4.79 Å². The van der Waals surface area contributed by atoms with E-state index in [9.17, 15) is 18.4 Å². The molecule has 5 nitrogen and oxygen atoms in total. The number of anilines is 1.